The van der Waals surface area contributed by atoms with Crippen LogP contribution in [0.25, 0.3) is 27.4 Å². The van der Waals surface area contributed by atoms with Gasteiger partial charge in [-0.3, -0.25) is 19.1 Å². The van der Waals surface area contributed by atoms with Crippen LogP contribution in [0.2, 0.25) is 0 Å². The molecule has 0 atom stereocenters. The standard InChI is InChI=1S/C27H23N3O3/c1-17-4-8-20(9-5-17)30-15-13-23-25(27(30)32)22-12-14-29(26(31)24(22)18(2)28-23)16-19-6-10-21(33-3)11-7-19/h4-15H,16H2,1-3H3. The molecule has 0 aliphatic carbocycles. The summed E-state index contributed by atoms with van der Waals surface area (Å²) in [5.74, 6) is 0.765. The van der Waals surface area contributed by atoms with Gasteiger partial charge in [0.05, 0.1) is 35.6 Å². The van der Waals surface area contributed by atoms with Gasteiger partial charge in [0.25, 0.3) is 11.1 Å². The van der Waals surface area contributed by atoms with Gasteiger partial charge < -0.3 is 9.30 Å². The third-order valence-electron chi connectivity index (χ3n) is 5.98. The Hall–Kier alpha value is -4.19. The van der Waals surface area contributed by atoms with Crippen LogP contribution in [0.5, 0.6) is 5.75 Å². The Morgan fingerprint density at radius 3 is 2.24 bits per heavy atom. The number of aromatic nitrogens is 3. The molecule has 0 aliphatic rings. The average Bonchev–Trinajstić information content (AvgIpc) is 2.82. The molecular weight excluding hydrogens is 414 g/mol. The lowest BCUT2D eigenvalue weighted by molar-refractivity contribution is 0.414. The second kappa shape index (κ2) is 8.06. The van der Waals surface area contributed by atoms with Crippen molar-refractivity contribution >= 4 is 21.7 Å². The summed E-state index contributed by atoms with van der Waals surface area (Å²) in [7, 11) is 1.62. The van der Waals surface area contributed by atoms with Gasteiger partial charge in [-0.25, -0.2) is 0 Å². The molecule has 0 saturated carbocycles. The summed E-state index contributed by atoms with van der Waals surface area (Å²) in [6.07, 6.45) is 3.48. The molecule has 0 saturated heterocycles. The topological polar surface area (TPSA) is 66.1 Å². The Morgan fingerprint density at radius 2 is 1.55 bits per heavy atom. The van der Waals surface area contributed by atoms with Crippen molar-refractivity contribution in [1.29, 1.82) is 0 Å². The molecule has 0 amide bonds. The van der Waals surface area contributed by atoms with Gasteiger partial charge in [0.1, 0.15) is 5.75 Å². The van der Waals surface area contributed by atoms with Gasteiger partial charge in [0.15, 0.2) is 0 Å². The predicted octanol–water partition coefficient (Wildman–Crippen LogP) is 4.37. The molecule has 5 aromatic rings. The minimum Gasteiger partial charge on any atom is -0.497 e. The fourth-order valence-electron chi connectivity index (χ4n) is 4.20. The second-order valence-corrected chi connectivity index (χ2v) is 8.17. The average molecular weight is 437 g/mol. The number of hydrogen-bond acceptors (Lipinski definition) is 4. The third-order valence-corrected chi connectivity index (χ3v) is 5.98. The summed E-state index contributed by atoms with van der Waals surface area (Å²) >= 11 is 0. The SMILES string of the molecule is COc1ccc(Cn2ccc3c(c(C)nc4ccn(-c5ccc(C)cc5)c(=O)c43)c2=O)cc1. The highest BCUT2D eigenvalue weighted by Gasteiger charge is 2.15. The highest BCUT2D eigenvalue weighted by molar-refractivity contribution is 6.05. The smallest absolute Gasteiger partial charge is 0.265 e. The van der Waals surface area contributed by atoms with E-state index in [2.05, 4.69) is 4.98 Å². The summed E-state index contributed by atoms with van der Waals surface area (Å²) in [5, 5.41) is 1.55. The molecule has 2 aromatic carbocycles. The van der Waals surface area contributed by atoms with Crippen LogP contribution in [0.4, 0.5) is 0 Å². The van der Waals surface area contributed by atoms with E-state index in [0.717, 1.165) is 22.6 Å². The van der Waals surface area contributed by atoms with Gasteiger partial charge in [0, 0.05) is 23.5 Å². The van der Waals surface area contributed by atoms with Crippen molar-refractivity contribution in [3.05, 3.63) is 111 Å². The number of methoxy groups -OCH3 is 1. The quantitative estimate of drug-likeness (QED) is 0.392. The highest BCUT2D eigenvalue weighted by atomic mass is 16.5. The van der Waals surface area contributed by atoms with Crippen molar-refractivity contribution in [2.75, 3.05) is 7.11 Å². The molecule has 6 nitrogen and oxygen atoms in total. The molecule has 0 unspecified atom stereocenters. The fraction of sp³-hybridized carbons (Fsp3) is 0.148. The van der Waals surface area contributed by atoms with Gasteiger partial charge in [-0.15, -0.1) is 0 Å². The van der Waals surface area contributed by atoms with Crippen molar-refractivity contribution in [2.24, 2.45) is 0 Å². The molecule has 3 heterocycles. The lowest BCUT2D eigenvalue weighted by Gasteiger charge is -2.12. The van der Waals surface area contributed by atoms with Crippen LogP contribution >= 0.6 is 0 Å². The number of aryl methyl sites for hydroxylation is 2. The van der Waals surface area contributed by atoms with E-state index in [0.29, 0.717) is 33.9 Å². The highest BCUT2D eigenvalue weighted by Crippen LogP contribution is 2.22. The number of ether oxygens (including phenoxy) is 1. The van der Waals surface area contributed by atoms with E-state index in [1.54, 1.807) is 28.6 Å². The third kappa shape index (κ3) is 3.59. The van der Waals surface area contributed by atoms with E-state index in [-0.39, 0.29) is 11.1 Å². The number of benzene rings is 2. The van der Waals surface area contributed by atoms with E-state index in [1.807, 2.05) is 74.5 Å². The molecule has 0 aliphatic heterocycles. The van der Waals surface area contributed by atoms with Crippen LogP contribution in [0.3, 0.4) is 0 Å². The molecule has 0 fully saturated rings. The lowest BCUT2D eigenvalue weighted by Crippen LogP contribution is -2.23. The molecule has 3 aromatic heterocycles. The normalized spacial score (nSPS) is 11.2. The summed E-state index contributed by atoms with van der Waals surface area (Å²) in [6.45, 7) is 4.23. The van der Waals surface area contributed by atoms with Crippen LogP contribution in [0, 0.1) is 13.8 Å². The summed E-state index contributed by atoms with van der Waals surface area (Å²) < 4.78 is 8.45. The number of hydrogen-bond donors (Lipinski definition) is 0. The number of fused-ring (bicyclic) bond motifs is 3. The zero-order valence-electron chi connectivity index (χ0n) is 18.7. The summed E-state index contributed by atoms with van der Waals surface area (Å²) in [4.78, 5) is 31.5. The minimum atomic E-state index is -0.193. The monoisotopic (exact) mass is 437 g/mol. The molecule has 0 bridgehead atoms. The Bertz CT molecular complexity index is 1610. The first-order chi connectivity index (χ1) is 16.0. The van der Waals surface area contributed by atoms with Crippen LogP contribution in [0.1, 0.15) is 16.8 Å². The lowest BCUT2D eigenvalue weighted by atomic mass is 10.1. The maximum absolute atomic E-state index is 13.5. The van der Waals surface area contributed by atoms with Crippen LogP contribution in [0.15, 0.2) is 82.6 Å². The minimum absolute atomic E-state index is 0.166. The van der Waals surface area contributed by atoms with Crippen molar-refractivity contribution < 1.29 is 4.74 Å². The molecular formula is C27H23N3O3. The first-order valence-corrected chi connectivity index (χ1v) is 10.7. The largest absolute Gasteiger partial charge is 0.497 e. The summed E-state index contributed by atoms with van der Waals surface area (Å²) in [6, 6.07) is 19.0. The number of nitrogens with zero attached hydrogens (tertiary/aromatic N) is 3. The van der Waals surface area contributed by atoms with Crippen molar-refractivity contribution in [2.45, 2.75) is 20.4 Å². The Balaban J connectivity index is 1.69. The van der Waals surface area contributed by atoms with Crippen molar-refractivity contribution in [3.8, 4) is 11.4 Å². The molecule has 33 heavy (non-hydrogen) atoms. The van der Waals surface area contributed by atoms with E-state index in [9.17, 15) is 9.59 Å². The summed E-state index contributed by atoms with van der Waals surface area (Å²) in [5.41, 5.74) is 3.70. The fourth-order valence-corrected chi connectivity index (χ4v) is 4.20. The van der Waals surface area contributed by atoms with E-state index < -0.39 is 0 Å². The Kier molecular flexibility index (Phi) is 5.05. The van der Waals surface area contributed by atoms with Crippen LogP contribution in [-0.2, 0) is 6.54 Å². The Labute approximate surface area is 190 Å². The first kappa shape index (κ1) is 20.7. The zero-order valence-corrected chi connectivity index (χ0v) is 18.7. The first-order valence-electron chi connectivity index (χ1n) is 10.7. The van der Waals surface area contributed by atoms with Gasteiger partial charge >= 0.3 is 0 Å². The van der Waals surface area contributed by atoms with E-state index in [4.69, 9.17) is 4.74 Å². The van der Waals surface area contributed by atoms with Crippen LogP contribution in [-0.4, -0.2) is 21.2 Å². The van der Waals surface area contributed by atoms with Gasteiger partial charge in [-0.05, 0) is 55.8 Å². The number of pyridine rings is 3. The molecule has 6 heteroatoms. The van der Waals surface area contributed by atoms with E-state index >= 15 is 0 Å². The van der Waals surface area contributed by atoms with Crippen molar-refractivity contribution in [3.63, 3.8) is 0 Å². The maximum atomic E-state index is 13.5. The van der Waals surface area contributed by atoms with E-state index in [1.165, 1.54) is 0 Å². The Morgan fingerprint density at radius 1 is 0.818 bits per heavy atom. The van der Waals surface area contributed by atoms with Gasteiger partial charge in [-0.2, -0.15) is 0 Å². The molecule has 0 radical (unpaired) electrons. The van der Waals surface area contributed by atoms with Gasteiger partial charge in [0.2, 0.25) is 0 Å². The number of rotatable bonds is 4. The molecule has 5 rings (SSSR count). The predicted molar refractivity (Wildman–Crippen MR) is 131 cm³/mol. The zero-order chi connectivity index (χ0) is 23.1. The van der Waals surface area contributed by atoms with Gasteiger partial charge in [-0.1, -0.05) is 29.8 Å². The molecule has 164 valence electrons. The molecule has 0 N–H and O–H groups in total. The van der Waals surface area contributed by atoms with Crippen LogP contribution < -0.4 is 15.9 Å². The second-order valence-electron chi connectivity index (χ2n) is 8.17. The molecule has 0 spiro atoms. The van der Waals surface area contributed by atoms with Crippen molar-refractivity contribution in [1.82, 2.24) is 14.1 Å². The maximum Gasteiger partial charge on any atom is 0.265 e.